The number of carbonyl (C=O) groups excluding carboxylic acids is 2. The second kappa shape index (κ2) is 11.1. The zero-order valence-electron chi connectivity index (χ0n) is 24.4. The van der Waals surface area contributed by atoms with Gasteiger partial charge in [-0.2, -0.15) is 4.58 Å². The summed E-state index contributed by atoms with van der Waals surface area (Å²) in [4.78, 5) is 31.3. The molecule has 0 radical (unpaired) electrons. The number of unbranched alkanes of at least 4 members (excludes halogenated alkanes) is 5. The standard InChI is InChI=1S/C37H38N2O2/c1-4-5-6-7-8-16-23-39-30-22-15-13-20-28(30)37(2,3)31(39)24-27-35(40)33(36(27)41)32-26-19-12-14-21-29(26)38-34(32)25-17-10-9-11-18-25/h9-15,17-22,24,33H,4-8,16,23H2,1-3H3/p+1. The smallest absolute Gasteiger partial charge is 0.209 e. The molecule has 4 heteroatoms. The molecule has 4 nitrogen and oxygen atoms in total. The number of aromatic nitrogens is 1. The van der Waals surface area contributed by atoms with E-state index in [4.69, 9.17) is 0 Å². The summed E-state index contributed by atoms with van der Waals surface area (Å²) in [6, 6.07) is 26.4. The maximum Gasteiger partial charge on any atom is 0.209 e. The summed E-state index contributed by atoms with van der Waals surface area (Å²) in [7, 11) is 0. The Hall–Kier alpha value is -4.05. The third kappa shape index (κ3) is 4.69. The highest BCUT2D eigenvalue weighted by atomic mass is 16.2. The molecule has 208 valence electrons. The molecule has 4 aromatic rings. The zero-order chi connectivity index (χ0) is 28.6. The predicted molar refractivity (Wildman–Crippen MR) is 167 cm³/mol. The van der Waals surface area contributed by atoms with Crippen LogP contribution >= 0.6 is 0 Å². The minimum Gasteiger partial charge on any atom is -0.354 e. The number of benzene rings is 3. The minimum absolute atomic E-state index is 0.0873. The molecule has 2 heterocycles. The van der Waals surface area contributed by atoms with Gasteiger partial charge in [-0.05, 0) is 31.9 Å². The van der Waals surface area contributed by atoms with Gasteiger partial charge in [-0.15, -0.1) is 0 Å². The van der Waals surface area contributed by atoms with Crippen LogP contribution in [0.5, 0.6) is 0 Å². The molecule has 0 amide bonds. The number of fused-ring (bicyclic) bond motifs is 2. The van der Waals surface area contributed by atoms with E-state index in [0.29, 0.717) is 5.57 Å². The first-order valence-electron chi connectivity index (χ1n) is 15.1. The van der Waals surface area contributed by atoms with E-state index in [-0.39, 0.29) is 17.0 Å². The fraction of sp³-hybridized carbons (Fsp3) is 0.324. The normalized spacial score (nSPS) is 17.7. The summed E-state index contributed by atoms with van der Waals surface area (Å²) in [6.07, 6.45) is 9.24. The Balaban J connectivity index is 1.36. The number of hydrogen-bond donors (Lipinski definition) is 1. The Morgan fingerprint density at radius 3 is 2.24 bits per heavy atom. The molecular formula is C37H39N2O2+. The molecule has 2 aliphatic rings. The van der Waals surface area contributed by atoms with E-state index >= 15 is 0 Å². The molecule has 0 spiro atoms. The Bertz CT molecular complexity index is 1670. The van der Waals surface area contributed by atoms with E-state index in [0.717, 1.165) is 46.4 Å². The lowest BCUT2D eigenvalue weighted by Gasteiger charge is -2.27. The molecule has 1 aliphatic carbocycles. The molecule has 1 fully saturated rings. The number of aromatic amines is 1. The van der Waals surface area contributed by atoms with Gasteiger partial charge in [-0.3, -0.25) is 9.59 Å². The first-order chi connectivity index (χ1) is 19.9. The molecule has 0 saturated heterocycles. The van der Waals surface area contributed by atoms with Crippen LogP contribution in [0.25, 0.3) is 22.2 Å². The van der Waals surface area contributed by atoms with Crippen molar-refractivity contribution in [1.29, 1.82) is 0 Å². The van der Waals surface area contributed by atoms with Crippen molar-refractivity contribution in [3.8, 4) is 11.3 Å². The molecule has 41 heavy (non-hydrogen) atoms. The van der Waals surface area contributed by atoms with Crippen molar-refractivity contribution in [2.75, 3.05) is 6.54 Å². The van der Waals surface area contributed by atoms with Crippen molar-refractivity contribution in [3.05, 3.63) is 102 Å². The van der Waals surface area contributed by atoms with Gasteiger partial charge in [-0.25, -0.2) is 0 Å². The van der Waals surface area contributed by atoms with Crippen molar-refractivity contribution in [2.45, 2.75) is 70.6 Å². The number of para-hydroxylation sites is 2. The van der Waals surface area contributed by atoms with Gasteiger partial charge in [-0.1, -0.05) is 99.3 Å². The van der Waals surface area contributed by atoms with E-state index in [2.05, 4.69) is 54.6 Å². The number of nitrogens with one attached hydrogen (secondary N) is 1. The van der Waals surface area contributed by atoms with E-state index in [9.17, 15) is 9.59 Å². The predicted octanol–water partition coefficient (Wildman–Crippen LogP) is 8.43. The highest BCUT2D eigenvalue weighted by Crippen LogP contribution is 2.45. The van der Waals surface area contributed by atoms with Gasteiger partial charge >= 0.3 is 0 Å². The Morgan fingerprint density at radius 1 is 0.805 bits per heavy atom. The van der Waals surface area contributed by atoms with Gasteiger partial charge in [0, 0.05) is 40.6 Å². The summed E-state index contributed by atoms with van der Waals surface area (Å²) in [5, 5.41) is 0.933. The van der Waals surface area contributed by atoms with Crippen LogP contribution in [0.15, 0.2) is 90.5 Å². The largest absolute Gasteiger partial charge is 0.354 e. The Morgan fingerprint density at radius 2 is 1.46 bits per heavy atom. The Labute approximate surface area is 242 Å². The molecule has 6 rings (SSSR count). The molecule has 3 aromatic carbocycles. The first-order valence-corrected chi connectivity index (χ1v) is 15.1. The summed E-state index contributed by atoms with van der Waals surface area (Å²) in [5.41, 5.74) is 7.06. The van der Waals surface area contributed by atoms with Crippen molar-refractivity contribution < 1.29 is 14.2 Å². The Kier molecular flexibility index (Phi) is 7.33. The number of rotatable bonds is 10. The van der Waals surface area contributed by atoms with Gasteiger partial charge in [0.15, 0.2) is 17.3 Å². The highest BCUT2D eigenvalue weighted by Gasteiger charge is 2.51. The highest BCUT2D eigenvalue weighted by molar-refractivity contribution is 6.44. The molecule has 0 atom stereocenters. The van der Waals surface area contributed by atoms with Gasteiger partial charge < -0.3 is 4.98 Å². The summed E-state index contributed by atoms with van der Waals surface area (Å²) in [5.74, 6) is -0.960. The van der Waals surface area contributed by atoms with Crippen LogP contribution in [-0.2, 0) is 15.0 Å². The number of ketones is 2. The molecule has 1 aliphatic heterocycles. The van der Waals surface area contributed by atoms with Crippen LogP contribution in [0.2, 0.25) is 0 Å². The second-order valence-electron chi connectivity index (χ2n) is 12.0. The molecule has 1 saturated carbocycles. The fourth-order valence-electron chi connectivity index (χ4n) is 6.70. The SMILES string of the molecule is CCCCCCCC[N+]1=C(C=C2C(=O)C(c3c(-c4ccccc4)[nH]c4ccccc34)C2=O)C(C)(C)c2ccccc21. The van der Waals surface area contributed by atoms with Crippen LogP contribution in [0.3, 0.4) is 0 Å². The zero-order valence-corrected chi connectivity index (χ0v) is 24.4. The van der Waals surface area contributed by atoms with E-state index in [1.54, 1.807) is 0 Å². The van der Waals surface area contributed by atoms with Crippen molar-refractivity contribution >= 4 is 33.9 Å². The second-order valence-corrected chi connectivity index (χ2v) is 12.0. The van der Waals surface area contributed by atoms with Crippen LogP contribution < -0.4 is 0 Å². The molecular weight excluding hydrogens is 504 g/mol. The molecule has 1 aromatic heterocycles. The topological polar surface area (TPSA) is 52.9 Å². The van der Waals surface area contributed by atoms with Gasteiger partial charge in [0.1, 0.15) is 12.5 Å². The lowest BCUT2D eigenvalue weighted by Crippen LogP contribution is -2.41. The monoisotopic (exact) mass is 543 g/mol. The molecule has 0 unspecified atom stereocenters. The van der Waals surface area contributed by atoms with Crippen molar-refractivity contribution in [3.63, 3.8) is 0 Å². The van der Waals surface area contributed by atoms with Gasteiger partial charge in [0.05, 0.1) is 16.7 Å². The van der Waals surface area contributed by atoms with E-state index in [1.807, 2.05) is 60.7 Å². The maximum absolute atomic E-state index is 13.9. The third-order valence-electron chi connectivity index (χ3n) is 8.97. The third-order valence-corrected chi connectivity index (χ3v) is 8.97. The number of nitrogens with zero attached hydrogens (tertiary/aromatic N) is 1. The quantitative estimate of drug-likeness (QED) is 0.0717. The van der Waals surface area contributed by atoms with Gasteiger partial charge in [0.25, 0.3) is 0 Å². The number of carbonyl (C=O) groups is 2. The summed E-state index contributed by atoms with van der Waals surface area (Å²) in [6.45, 7) is 7.54. The summed E-state index contributed by atoms with van der Waals surface area (Å²) >= 11 is 0. The fourth-order valence-corrected chi connectivity index (χ4v) is 6.70. The number of Topliss-reactive ketones (excluding diaryl/α,β-unsaturated/α-hetero) is 2. The molecule has 0 bridgehead atoms. The molecule has 1 N–H and O–H groups in total. The summed E-state index contributed by atoms with van der Waals surface area (Å²) < 4.78 is 2.36. The maximum atomic E-state index is 13.9. The lowest BCUT2D eigenvalue weighted by atomic mass is 9.70. The van der Waals surface area contributed by atoms with Crippen LogP contribution in [0.4, 0.5) is 5.69 Å². The van der Waals surface area contributed by atoms with E-state index < -0.39 is 5.92 Å². The minimum atomic E-state index is -0.785. The van der Waals surface area contributed by atoms with Crippen LogP contribution in [0, 0.1) is 0 Å². The van der Waals surface area contributed by atoms with Crippen LogP contribution in [0.1, 0.15) is 76.3 Å². The average molecular weight is 544 g/mol. The number of allylic oxidation sites excluding steroid dienone is 2. The van der Waals surface area contributed by atoms with Crippen LogP contribution in [-0.4, -0.2) is 33.4 Å². The van der Waals surface area contributed by atoms with Gasteiger partial charge in [0.2, 0.25) is 5.69 Å². The number of H-pyrrole nitrogens is 1. The lowest BCUT2D eigenvalue weighted by molar-refractivity contribution is -0.438. The first kappa shape index (κ1) is 27.1. The van der Waals surface area contributed by atoms with Crippen molar-refractivity contribution in [2.24, 2.45) is 0 Å². The van der Waals surface area contributed by atoms with E-state index in [1.165, 1.54) is 43.4 Å². The number of hydrogen-bond acceptors (Lipinski definition) is 2. The average Bonchev–Trinajstić information content (AvgIpc) is 3.46. The van der Waals surface area contributed by atoms with Crippen molar-refractivity contribution in [1.82, 2.24) is 4.98 Å².